The van der Waals surface area contributed by atoms with Gasteiger partial charge in [0.05, 0.1) is 18.2 Å². The number of aliphatic hydroxyl groups excluding tert-OH is 2. The second-order valence-electron chi connectivity index (χ2n) is 23.2. The highest BCUT2D eigenvalue weighted by atomic mass is 16.3. The zero-order chi connectivity index (χ0) is 63.2. The fraction of sp³-hybridized carbons (Fsp3) is 0.792. The number of nitrogens with one attached hydrogen (secondary N) is 11. The maximum Gasteiger partial charge on any atom is 0.245 e. The van der Waals surface area contributed by atoms with Crippen LogP contribution in [0.4, 0.5) is 0 Å². The molecule has 0 aliphatic carbocycles. The Hall–Kier alpha value is -6.11. The second kappa shape index (κ2) is 35.1. The molecule has 29 heteroatoms. The van der Waals surface area contributed by atoms with E-state index in [0.29, 0.717) is 12.3 Å². The number of hydrogen-bond donors (Lipinski definition) is 18. The van der Waals surface area contributed by atoms with E-state index in [0.717, 1.165) is 26.2 Å². The minimum Gasteiger partial charge on any atom is -0.391 e. The van der Waals surface area contributed by atoms with Crippen molar-refractivity contribution in [3.05, 3.63) is 0 Å². The van der Waals surface area contributed by atoms with E-state index in [4.69, 9.17) is 28.7 Å². The van der Waals surface area contributed by atoms with Crippen LogP contribution in [0.1, 0.15) is 142 Å². The summed E-state index contributed by atoms with van der Waals surface area (Å²) < 4.78 is 0. The lowest BCUT2D eigenvalue weighted by Gasteiger charge is -2.33. The maximum absolute atomic E-state index is 14.7. The number of carbonyl (C=O) groups excluding carboxylic acids is 11. The van der Waals surface area contributed by atoms with Gasteiger partial charge in [0.1, 0.15) is 60.4 Å². The van der Waals surface area contributed by atoms with Crippen LogP contribution in [0.5, 0.6) is 0 Å². The van der Waals surface area contributed by atoms with Gasteiger partial charge in [0, 0.05) is 36.6 Å². The number of carbonyl (C=O) groups is 11. The first kappa shape index (κ1) is 73.9. The molecular formula is C53H100N16O13. The molecule has 1 heterocycles. The predicted molar refractivity (Wildman–Crippen MR) is 305 cm³/mol. The first-order valence-corrected chi connectivity index (χ1v) is 28.4. The van der Waals surface area contributed by atoms with E-state index in [2.05, 4.69) is 72.3 Å². The summed E-state index contributed by atoms with van der Waals surface area (Å²) in [5.74, 6) is -10.8. The van der Waals surface area contributed by atoms with Crippen molar-refractivity contribution in [1.82, 2.24) is 58.5 Å². The van der Waals surface area contributed by atoms with Gasteiger partial charge in [0.15, 0.2) is 0 Å². The highest BCUT2D eigenvalue weighted by Gasteiger charge is 2.41. The van der Waals surface area contributed by atoms with Crippen LogP contribution >= 0.6 is 0 Å². The highest BCUT2D eigenvalue weighted by Crippen LogP contribution is 2.14. The lowest BCUT2D eigenvalue weighted by atomic mass is 9.98. The molecule has 29 nitrogen and oxygen atoms in total. The molecule has 470 valence electrons. The Morgan fingerprint density at radius 2 is 0.866 bits per heavy atom. The van der Waals surface area contributed by atoms with Gasteiger partial charge in [-0.3, -0.25) is 52.7 Å². The van der Waals surface area contributed by atoms with Crippen LogP contribution in [0.2, 0.25) is 0 Å². The van der Waals surface area contributed by atoms with Crippen LogP contribution in [0.25, 0.3) is 0 Å². The zero-order valence-corrected chi connectivity index (χ0v) is 50.3. The van der Waals surface area contributed by atoms with Gasteiger partial charge in [-0.2, -0.15) is 0 Å². The Kier molecular flexibility index (Phi) is 31.7. The topological polar surface area (TPSA) is 491 Å². The van der Waals surface area contributed by atoms with Crippen molar-refractivity contribution in [3.8, 4) is 0 Å². The molecule has 1 saturated heterocycles. The standard InChI is InChI=1S/C53H100N16O13/c1-15-24(6)18-16-17-19-35(72)62-36(25(7)54)47(76)69-43(32(14)71)53(82)66-39(28(10)57)49(78)67-41-30(12)59-52(81)42(31(13)70)68-50(79)40(29(11)58)64-48(77)38(27(9)56)63-45(74)34(21-23(4)5)60-44(73)33(20-22(2)3)61-46(75)37(26(8)55)65-51(41)80/h22-34,36-43,70-71H,15-21,54-58H2,1-14H3,(H,59,81)(H,60,73)(H,61,75)(H,62,72)(H,63,74)(H,64,77)(H,65,80)(H,66,82)(H,67,78)(H,68,79)(H,69,76)/t24?,25?,26?,27?,28?,29?,30?,31-,32-,33+,34+,36+,37+,38+,39+,40+,41+,42+,43+/m1/s1. The molecule has 0 aromatic carbocycles. The SMILES string of the molecule is CCC(C)CCCCC(=O)N[C@H](C(=O)N[C@H](C(=O)N[C@H](C(=O)N[C@@H]1C(=O)N[C@@H](C(C)N)C(=O)N[C@@H](CC(C)C)C(=O)N[C@@H](CC(C)C)C(=O)N[C@@H](C(C)N)C(=O)N[C@@H](C(C)N)C(=O)N[C@@H]([C@@H](C)O)C(=O)NC1C)C(C)N)[C@@H](C)O)C(C)N. The zero-order valence-electron chi connectivity index (χ0n) is 50.3. The van der Waals surface area contributed by atoms with Gasteiger partial charge in [0.25, 0.3) is 0 Å². The van der Waals surface area contributed by atoms with Gasteiger partial charge in [0.2, 0.25) is 65.0 Å². The van der Waals surface area contributed by atoms with Crippen molar-refractivity contribution < 1.29 is 63.0 Å². The molecule has 0 bridgehead atoms. The van der Waals surface area contributed by atoms with Crippen molar-refractivity contribution in [2.24, 2.45) is 46.4 Å². The lowest BCUT2D eigenvalue weighted by Crippen LogP contribution is -2.68. The average Bonchev–Trinajstić information content (AvgIpc) is 3.38. The number of amides is 11. The normalized spacial score (nSPS) is 26.2. The van der Waals surface area contributed by atoms with Crippen molar-refractivity contribution in [2.45, 2.75) is 251 Å². The summed E-state index contributed by atoms with van der Waals surface area (Å²) in [6, 6.07) is -23.6. The largest absolute Gasteiger partial charge is 0.391 e. The second-order valence-corrected chi connectivity index (χ2v) is 23.2. The molecule has 1 fully saturated rings. The van der Waals surface area contributed by atoms with Crippen molar-refractivity contribution in [1.29, 1.82) is 0 Å². The fourth-order valence-electron chi connectivity index (χ4n) is 8.68. The van der Waals surface area contributed by atoms with Crippen LogP contribution < -0.4 is 87.2 Å². The van der Waals surface area contributed by atoms with Crippen molar-refractivity contribution >= 4 is 65.0 Å². The van der Waals surface area contributed by atoms with Gasteiger partial charge in [-0.05, 0) is 92.4 Å². The van der Waals surface area contributed by atoms with Gasteiger partial charge in [-0.25, -0.2) is 0 Å². The molecule has 0 spiro atoms. The summed E-state index contributed by atoms with van der Waals surface area (Å²) in [6.07, 6.45) is 0.0392. The third-order valence-corrected chi connectivity index (χ3v) is 13.9. The summed E-state index contributed by atoms with van der Waals surface area (Å²) in [5, 5.41) is 49.0. The lowest BCUT2D eigenvalue weighted by molar-refractivity contribution is -0.138. The molecule has 23 N–H and O–H groups in total. The Labute approximate surface area is 482 Å². The highest BCUT2D eigenvalue weighted by molar-refractivity contribution is 6.00. The first-order chi connectivity index (χ1) is 37.9. The molecule has 0 radical (unpaired) electrons. The van der Waals surface area contributed by atoms with Gasteiger partial charge in [-0.15, -0.1) is 0 Å². The van der Waals surface area contributed by atoms with E-state index in [1.165, 1.54) is 48.5 Å². The van der Waals surface area contributed by atoms with E-state index in [9.17, 15) is 63.0 Å². The molecule has 82 heavy (non-hydrogen) atoms. The number of aliphatic hydroxyl groups is 2. The monoisotopic (exact) mass is 1170 g/mol. The number of hydrogen-bond acceptors (Lipinski definition) is 18. The predicted octanol–water partition coefficient (Wildman–Crippen LogP) is -5.45. The first-order valence-electron chi connectivity index (χ1n) is 28.4. The minimum absolute atomic E-state index is 0.00298. The molecule has 7 unspecified atom stereocenters. The van der Waals surface area contributed by atoms with Crippen LogP contribution in [0.15, 0.2) is 0 Å². The van der Waals surface area contributed by atoms with E-state index in [1.807, 2.05) is 0 Å². The number of nitrogens with two attached hydrogens (primary N) is 5. The number of rotatable bonds is 24. The molecule has 1 aliphatic rings. The quantitative estimate of drug-likeness (QED) is 0.0401. The van der Waals surface area contributed by atoms with Gasteiger partial charge < -0.3 is 97.4 Å². The van der Waals surface area contributed by atoms with E-state index < -0.39 is 174 Å². The van der Waals surface area contributed by atoms with E-state index >= 15 is 0 Å². The van der Waals surface area contributed by atoms with Gasteiger partial charge in [-0.1, -0.05) is 60.8 Å². The summed E-state index contributed by atoms with van der Waals surface area (Å²) in [7, 11) is 0. The molecule has 0 aromatic heterocycles. The third-order valence-electron chi connectivity index (χ3n) is 13.9. The Bertz CT molecular complexity index is 2160. The molecular weight excluding hydrogens is 1070 g/mol. The van der Waals surface area contributed by atoms with Crippen molar-refractivity contribution in [3.63, 3.8) is 0 Å². The smallest absolute Gasteiger partial charge is 0.245 e. The van der Waals surface area contributed by atoms with Crippen LogP contribution in [0, 0.1) is 17.8 Å². The Balaban J connectivity index is 3.96. The van der Waals surface area contributed by atoms with E-state index in [-0.39, 0.29) is 31.1 Å². The fourth-order valence-corrected chi connectivity index (χ4v) is 8.68. The van der Waals surface area contributed by atoms with Crippen LogP contribution in [-0.4, -0.2) is 184 Å². The average molecular weight is 1170 g/mol. The molecule has 0 aromatic rings. The summed E-state index contributed by atoms with van der Waals surface area (Å²) >= 11 is 0. The van der Waals surface area contributed by atoms with Gasteiger partial charge >= 0.3 is 0 Å². The number of unbranched alkanes of at least 4 members (excludes halogenated alkanes) is 1. The Morgan fingerprint density at radius 1 is 0.488 bits per heavy atom. The third kappa shape index (κ3) is 24.4. The maximum atomic E-state index is 14.7. The summed E-state index contributed by atoms with van der Waals surface area (Å²) in [6.45, 7) is 21.6. The molecule has 1 rings (SSSR count). The van der Waals surface area contributed by atoms with Crippen LogP contribution in [-0.2, 0) is 52.7 Å². The molecule has 11 amide bonds. The summed E-state index contributed by atoms with van der Waals surface area (Å²) in [5.41, 5.74) is 31.0. The molecule has 0 saturated carbocycles. The molecule has 1 aliphatic heterocycles. The molecule has 19 atom stereocenters. The minimum atomic E-state index is -1.94. The van der Waals surface area contributed by atoms with E-state index in [1.54, 1.807) is 27.7 Å². The van der Waals surface area contributed by atoms with Crippen molar-refractivity contribution in [2.75, 3.05) is 0 Å². The van der Waals surface area contributed by atoms with Crippen LogP contribution in [0.3, 0.4) is 0 Å². The summed E-state index contributed by atoms with van der Waals surface area (Å²) in [4.78, 5) is 154. The Morgan fingerprint density at radius 3 is 1.29 bits per heavy atom.